The van der Waals surface area contributed by atoms with Crippen LogP contribution in [0.5, 0.6) is 0 Å². The van der Waals surface area contributed by atoms with E-state index in [9.17, 15) is 14.4 Å². The van der Waals surface area contributed by atoms with Gasteiger partial charge in [0.2, 0.25) is 5.91 Å². The van der Waals surface area contributed by atoms with Crippen molar-refractivity contribution in [2.45, 2.75) is 26.3 Å². The first-order valence-electron chi connectivity index (χ1n) is 9.19. The van der Waals surface area contributed by atoms with E-state index in [1.165, 1.54) is 18.3 Å². The number of rotatable bonds is 4. The zero-order chi connectivity index (χ0) is 19.7. The Kier molecular flexibility index (Phi) is 4.66. The maximum Gasteiger partial charge on any atom is 0.227 e. The molecule has 1 saturated heterocycles. The van der Waals surface area contributed by atoms with Crippen LogP contribution in [0.3, 0.4) is 0 Å². The fraction of sp³-hybridized carbons (Fsp3) is 0.227. The average molecular weight is 374 g/mol. The van der Waals surface area contributed by atoms with Gasteiger partial charge in [0, 0.05) is 36.8 Å². The van der Waals surface area contributed by atoms with E-state index in [4.69, 9.17) is 0 Å². The normalized spacial score (nSPS) is 13.8. The van der Waals surface area contributed by atoms with Gasteiger partial charge in [-0.3, -0.25) is 9.78 Å². The molecule has 1 aliphatic heterocycles. The molecule has 3 aromatic rings. The molecule has 2 heterocycles. The van der Waals surface area contributed by atoms with Gasteiger partial charge in [0.15, 0.2) is 0 Å². The highest BCUT2D eigenvalue weighted by atomic mass is 19.1. The number of aromatic nitrogens is 1. The second-order valence-electron chi connectivity index (χ2n) is 6.95. The minimum atomic E-state index is -0.357. The molecule has 0 saturated carbocycles. The van der Waals surface area contributed by atoms with Gasteiger partial charge in [-0.15, -0.1) is 0 Å². The molecule has 0 spiro atoms. The van der Waals surface area contributed by atoms with Crippen molar-refractivity contribution in [1.29, 1.82) is 5.26 Å². The first-order chi connectivity index (χ1) is 13.6. The smallest absolute Gasteiger partial charge is 0.227 e. The molecule has 1 N–H and O–H groups in total. The maximum atomic E-state index is 13.9. The number of nitrogens with zero attached hydrogens (tertiary/aromatic N) is 3. The van der Waals surface area contributed by atoms with Crippen LogP contribution in [0.4, 0.5) is 15.8 Å². The van der Waals surface area contributed by atoms with Gasteiger partial charge < -0.3 is 10.2 Å². The summed E-state index contributed by atoms with van der Waals surface area (Å²) in [6.45, 7) is 3.03. The number of carbonyl (C=O) groups excluding carboxylic acids is 1. The zero-order valence-electron chi connectivity index (χ0n) is 15.5. The summed E-state index contributed by atoms with van der Waals surface area (Å²) in [7, 11) is 0. The van der Waals surface area contributed by atoms with Crippen LogP contribution in [0, 0.1) is 24.1 Å². The predicted octanol–water partition coefficient (Wildman–Crippen LogP) is 4.29. The number of anilines is 2. The van der Waals surface area contributed by atoms with Gasteiger partial charge in [-0.25, -0.2) is 4.39 Å². The number of benzene rings is 2. The molecule has 2 aromatic carbocycles. The Morgan fingerprint density at radius 2 is 2.07 bits per heavy atom. The molecular weight excluding hydrogens is 355 g/mol. The summed E-state index contributed by atoms with van der Waals surface area (Å²) in [5, 5.41) is 13.3. The fourth-order valence-electron chi connectivity index (χ4n) is 3.62. The molecule has 0 aliphatic carbocycles. The van der Waals surface area contributed by atoms with Crippen molar-refractivity contribution in [3.63, 3.8) is 0 Å². The number of pyridine rings is 1. The van der Waals surface area contributed by atoms with Crippen LogP contribution in [0.2, 0.25) is 0 Å². The third-order valence-electron chi connectivity index (χ3n) is 5.04. The molecule has 140 valence electrons. The van der Waals surface area contributed by atoms with Gasteiger partial charge in [0.25, 0.3) is 0 Å². The zero-order valence-corrected chi connectivity index (χ0v) is 15.5. The number of fused-ring (bicyclic) bond motifs is 1. The molecule has 1 aliphatic rings. The summed E-state index contributed by atoms with van der Waals surface area (Å²) in [5.41, 5.74) is 4.24. The lowest BCUT2D eigenvalue weighted by molar-refractivity contribution is -0.117. The highest BCUT2D eigenvalue weighted by Gasteiger charge is 2.21. The summed E-state index contributed by atoms with van der Waals surface area (Å²) in [6, 6.07) is 12.7. The number of nitrogens with one attached hydrogen (secondary N) is 1. The monoisotopic (exact) mass is 374 g/mol. The molecule has 0 bridgehead atoms. The maximum absolute atomic E-state index is 13.9. The van der Waals surface area contributed by atoms with E-state index in [2.05, 4.69) is 16.4 Å². The third-order valence-corrected chi connectivity index (χ3v) is 5.04. The molecule has 1 aromatic heterocycles. The number of amides is 1. The summed E-state index contributed by atoms with van der Waals surface area (Å²) < 4.78 is 13.9. The second kappa shape index (κ2) is 7.28. The Morgan fingerprint density at radius 3 is 2.75 bits per heavy atom. The molecule has 0 atom stereocenters. The summed E-state index contributed by atoms with van der Waals surface area (Å²) in [5.74, 6) is -0.199. The molecule has 1 fully saturated rings. The molecule has 1 amide bonds. The molecule has 0 unspecified atom stereocenters. The van der Waals surface area contributed by atoms with Gasteiger partial charge in [0.1, 0.15) is 11.9 Å². The molecule has 5 nitrogen and oxygen atoms in total. The predicted molar refractivity (Wildman–Crippen MR) is 107 cm³/mol. The first kappa shape index (κ1) is 17.9. The van der Waals surface area contributed by atoms with Gasteiger partial charge >= 0.3 is 0 Å². The minimum absolute atomic E-state index is 0.158. The van der Waals surface area contributed by atoms with E-state index in [1.807, 2.05) is 24.3 Å². The van der Waals surface area contributed by atoms with Gasteiger partial charge in [-0.1, -0.05) is 12.1 Å². The standard InChI is InChI=1S/C22H19FN4O/c1-14-9-17(23)10-19-21(14)26-13-16(11-24)22(19)25-12-15-4-6-18(7-5-15)27-8-2-3-20(27)28/h4-7,9-10,13H,2-3,8,12H2,1H3,(H,25,26). The summed E-state index contributed by atoms with van der Waals surface area (Å²) in [4.78, 5) is 18.0. The number of halogens is 1. The molecule has 28 heavy (non-hydrogen) atoms. The third kappa shape index (κ3) is 3.27. The van der Waals surface area contributed by atoms with Gasteiger partial charge in [-0.2, -0.15) is 5.26 Å². The minimum Gasteiger partial charge on any atom is -0.379 e. The Balaban J connectivity index is 1.60. The van der Waals surface area contributed by atoms with Crippen LogP contribution in [0.15, 0.2) is 42.6 Å². The van der Waals surface area contributed by atoms with Crippen molar-refractivity contribution in [2.24, 2.45) is 0 Å². The highest BCUT2D eigenvalue weighted by molar-refractivity contribution is 5.96. The van der Waals surface area contributed by atoms with Crippen molar-refractivity contribution in [1.82, 2.24) is 4.98 Å². The average Bonchev–Trinajstić information content (AvgIpc) is 3.12. The number of aryl methyl sites for hydroxylation is 1. The molecule has 4 rings (SSSR count). The fourth-order valence-corrected chi connectivity index (χ4v) is 3.62. The molecule has 0 radical (unpaired) electrons. The van der Waals surface area contributed by atoms with Crippen molar-refractivity contribution < 1.29 is 9.18 Å². The van der Waals surface area contributed by atoms with Gasteiger partial charge in [0.05, 0.1) is 16.8 Å². The van der Waals surface area contributed by atoms with E-state index in [0.717, 1.165) is 29.8 Å². The number of hydrogen-bond acceptors (Lipinski definition) is 4. The van der Waals surface area contributed by atoms with E-state index in [1.54, 1.807) is 11.8 Å². The van der Waals surface area contributed by atoms with Crippen LogP contribution in [-0.4, -0.2) is 17.4 Å². The van der Waals surface area contributed by atoms with Crippen LogP contribution < -0.4 is 10.2 Å². The Bertz CT molecular complexity index is 1100. The lowest BCUT2D eigenvalue weighted by Gasteiger charge is -2.16. The van der Waals surface area contributed by atoms with Crippen LogP contribution in [0.1, 0.15) is 29.5 Å². The topological polar surface area (TPSA) is 69.0 Å². The lowest BCUT2D eigenvalue weighted by atomic mass is 10.1. The SMILES string of the molecule is Cc1cc(F)cc2c(NCc3ccc(N4CCCC4=O)cc3)c(C#N)cnc12. The van der Waals surface area contributed by atoms with Crippen molar-refractivity contribution in [3.05, 3.63) is 65.1 Å². The van der Waals surface area contributed by atoms with Crippen LogP contribution in [0.25, 0.3) is 10.9 Å². The molecular formula is C22H19FN4O. The van der Waals surface area contributed by atoms with E-state index in [-0.39, 0.29) is 11.7 Å². The Morgan fingerprint density at radius 1 is 1.29 bits per heavy atom. The Labute approximate surface area is 162 Å². The number of carbonyl (C=O) groups is 1. The van der Waals surface area contributed by atoms with Crippen molar-refractivity contribution >= 4 is 28.2 Å². The van der Waals surface area contributed by atoms with Gasteiger partial charge in [-0.05, 0) is 48.7 Å². The molecule has 6 heteroatoms. The van der Waals surface area contributed by atoms with E-state index >= 15 is 0 Å². The van der Waals surface area contributed by atoms with Crippen LogP contribution in [-0.2, 0) is 11.3 Å². The lowest BCUT2D eigenvalue weighted by Crippen LogP contribution is -2.23. The van der Waals surface area contributed by atoms with Crippen molar-refractivity contribution in [2.75, 3.05) is 16.8 Å². The quantitative estimate of drug-likeness (QED) is 0.739. The van der Waals surface area contributed by atoms with E-state index in [0.29, 0.717) is 35.1 Å². The van der Waals surface area contributed by atoms with Crippen molar-refractivity contribution in [3.8, 4) is 6.07 Å². The summed E-state index contributed by atoms with van der Waals surface area (Å²) >= 11 is 0. The van der Waals surface area contributed by atoms with Crippen LogP contribution >= 0.6 is 0 Å². The largest absolute Gasteiger partial charge is 0.379 e. The number of hydrogen-bond donors (Lipinski definition) is 1. The van der Waals surface area contributed by atoms with E-state index < -0.39 is 0 Å². The Hall–Kier alpha value is -3.46. The number of nitriles is 1. The second-order valence-corrected chi connectivity index (χ2v) is 6.95. The highest BCUT2D eigenvalue weighted by Crippen LogP contribution is 2.29. The first-order valence-corrected chi connectivity index (χ1v) is 9.19. The summed E-state index contributed by atoms with van der Waals surface area (Å²) in [6.07, 6.45) is 3.01.